The van der Waals surface area contributed by atoms with Crippen molar-refractivity contribution in [2.45, 2.75) is 6.04 Å². The Labute approximate surface area is 104 Å². The van der Waals surface area contributed by atoms with E-state index in [4.69, 9.17) is 0 Å². The maximum absolute atomic E-state index is 11.7. The molecule has 0 spiro atoms. The highest BCUT2D eigenvalue weighted by molar-refractivity contribution is 7.99. The fourth-order valence-corrected chi connectivity index (χ4v) is 2.30. The molecule has 88 valence electrons. The second-order valence-corrected chi connectivity index (χ2v) is 4.31. The van der Waals surface area contributed by atoms with Crippen LogP contribution in [0, 0.1) is 0 Å². The first-order chi connectivity index (χ1) is 7.27. The van der Waals surface area contributed by atoms with Crippen LogP contribution in [0.15, 0.2) is 24.3 Å². The summed E-state index contributed by atoms with van der Waals surface area (Å²) in [5.41, 5.74) is 0.459. The van der Waals surface area contributed by atoms with Gasteiger partial charge < -0.3 is 10.4 Å². The van der Waals surface area contributed by atoms with Crippen LogP contribution in [0.1, 0.15) is 0 Å². The smallest absolute Gasteiger partial charge is 0.242 e. The Morgan fingerprint density at radius 3 is 2.88 bits per heavy atom. The minimum Gasteiger partial charge on any atom is -0.506 e. The lowest BCUT2D eigenvalue weighted by Crippen LogP contribution is -2.37. The van der Waals surface area contributed by atoms with E-state index in [-0.39, 0.29) is 30.1 Å². The first kappa shape index (κ1) is 13.2. The Morgan fingerprint density at radius 2 is 2.25 bits per heavy atom. The molecule has 2 rings (SSSR count). The van der Waals surface area contributed by atoms with Gasteiger partial charge in [0, 0.05) is 11.6 Å². The van der Waals surface area contributed by atoms with E-state index < -0.39 is 0 Å². The number of halogens is 1. The Kier molecular flexibility index (Phi) is 4.92. The second kappa shape index (κ2) is 5.98. The van der Waals surface area contributed by atoms with Crippen LogP contribution >= 0.6 is 24.2 Å². The first-order valence-corrected chi connectivity index (χ1v) is 5.83. The summed E-state index contributed by atoms with van der Waals surface area (Å²) in [6.45, 7) is 0. The predicted octanol–water partition coefficient (Wildman–Crippen LogP) is 1.41. The van der Waals surface area contributed by atoms with E-state index in [9.17, 15) is 9.90 Å². The molecule has 6 heteroatoms. The van der Waals surface area contributed by atoms with E-state index in [1.165, 1.54) is 0 Å². The van der Waals surface area contributed by atoms with Crippen molar-refractivity contribution >= 4 is 35.8 Å². The van der Waals surface area contributed by atoms with Crippen molar-refractivity contribution in [1.82, 2.24) is 5.32 Å². The lowest BCUT2D eigenvalue weighted by molar-refractivity contribution is -0.117. The van der Waals surface area contributed by atoms with Crippen molar-refractivity contribution < 1.29 is 9.90 Å². The molecule has 1 aliphatic heterocycles. The number of benzene rings is 1. The minimum absolute atomic E-state index is 0. The maximum atomic E-state index is 11.7. The van der Waals surface area contributed by atoms with Crippen LogP contribution in [0.2, 0.25) is 0 Å². The first-order valence-electron chi connectivity index (χ1n) is 4.67. The van der Waals surface area contributed by atoms with Gasteiger partial charge in [-0.3, -0.25) is 10.1 Å². The molecule has 0 bridgehead atoms. The second-order valence-electron chi connectivity index (χ2n) is 3.28. The number of amides is 1. The Balaban J connectivity index is 0.00000128. The molecule has 1 fully saturated rings. The minimum atomic E-state index is -0.158. The van der Waals surface area contributed by atoms with E-state index >= 15 is 0 Å². The highest BCUT2D eigenvalue weighted by Gasteiger charge is 2.22. The highest BCUT2D eigenvalue weighted by atomic mass is 35.5. The monoisotopic (exact) mass is 260 g/mol. The molecule has 16 heavy (non-hydrogen) atoms. The van der Waals surface area contributed by atoms with Crippen LogP contribution in [0.5, 0.6) is 5.75 Å². The molecule has 0 aromatic heterocycles. The fourth-order valence-electron chi connectivity index (χ4n) is 1.36. The van der Waals surface area contributed by atoms with Crippen LogP contribution < -0.4 is 10.6 Å². The fraction of sp³-hybridized carbons (Fsp3) is 0.300. The van der Waals surface area contributed by atoms with Crippen LogP contribution in [-0.2, 0) is 4.79 Å². The number of hydrogen-bond donors (Lipinski definition) is 3. The Hall–Kier alpha value is -0.910. The number of phenols is 1. The molecule has 0 radical (unpaired) electrons. The number of para-hydroxylation sites is 2. The summed E-state index contributed by atoms with van der Waals surface area (Å²) < 4.78 is 0. The average Bonchev–Trinajstić information content (AvgIpc) is 2.74. The number of anilines is 1. The van der Waals surface area contributed by atoms with Gasteiger partial charge in [-0.2, -0.15) is 0 Å². The third kappa shape index (κ3) is 3.04. The van der Waals surface area contributed by atoms with Gasteiger partial charge in [-0.25, -0.2) is 0 Å². The van der Waals surface area contributed by atoms with E-state index in [2.05, 4.69) is 10.6 Å². The molecule has 1 heterocycles. The number of carbonyl (C=O) groups is 1. The molecule has 1 amide bonds. The van der Waals surface area contributed by atoms with Crippen molar-refractivity contribution in [2.75, 3.05) is 16.9 Å². The van der Waals surface area contributed by atoms with Crippen molar-refractivity contribution in [3.05, 3.63) is 24.3 Å². The zero-order chi connectivity index (χ0) is 10.7. The van der Waals surface area contributed by atoms with Crippen molar-refractivity contribution in [3.63, 3.8) is 0 Å². The molecule has 0 unspecified atom stereocenters. The van der Waals surface area contributed by atoms with Crippen LogP contribution in [-0.4, -0.2) is 28.7 Å². The summed E-state index contributed by atoms with van der Waals surface area (Å²) in [6, 6.07) is 6.55. The molecular weight excluding hydrogens is 248 g/mol. The number of carbonyl (C=O) groups excluding carboxylic acids is 1. The summed E-state index contributed by atoms with van der Waals surface area (Å²) in [7, 11) is 0. The number of phenolic OH excluding ortho intramolecular Hbond substituents is 1. The lowest BCUT2D eigenvalue weighted by atomic mass is 10.2. The largest absolute Gasteiger partial charge is 0.506 e. The lowest BCUT2D eigenvalue weighted by Gasteiger charge is -2.11. The third-order valence-corrected chi connectivity index (χ3v) is 3.13. The SMILES string of the molecule is Cl.O=C(Nc1ccccc1O)[C@H]1CSCN1. The van der Waals surface area contributed by atoms with Crippen LogP contribution in [0.3, 0.4) is 0 Å². The van der Waals surface area contributed by atoms with Gasteiger partial charge >= 0.3 is 0 Å². The zero-order valence-electron chi connectivity index (χ0n) is 8.47. The molecule has 1 atom stereocenters. The van der Waals surface area contributed by atoms with Crippen molar-refractivity contribution in [2.24, 2.45) is 0 Å². The highest BCUT2D eigenvalue weighted by Crippen LogP contribution is 2.22. The molecule has 1 aromatic rings. The van der Waals surface area contributed by atoms with Gasteiger partial charge in [-0.15, -0.1) is 24.2 Å². The zero-order valence-corrected chi connectivity index (χ0v) is 10.1. The van der Waals surface area contributed by atoms with Crippen LogP contribution in [0.25, 0.3) is 0 Å². The van der Waals surface area contributed by atoms with E-state index in [1.807, 2.05) is 0 Å². The summed E-state index contributed by atoms with van der Waals surface area (Å²) in [5.74, 6) is 1.58. The number of hydrogen-bond acceptors (Lipinski definition) is 4. The van der Waals surface area contributed by atoms with E-state index in [0.717, 1.165) is 11.6 Å². The predicted molar refractivity (Wildman–Crippen MR) is 68.2 cm³/mol. The topological polar surface area (TPSA) is 61.4 Å². The summed E-state index contributed by atoms with van der Waals surface area (Å²) in [4.78, 5) is 11.7. The molecule has 1 aliphatic rings. The standard InChI is InChI=1S/C10H12N2O2S.ClH/c13-9-4-2-1-3-7(9)12-10(14)8-5-15-6-11-8;/h1-4,8,11,13H,5-6H2,(H,12,14);1H/t8-;/m1./s1. The number of nitrogens with one attached hydrogen (secondary N) is 2. The van der Waals surface area contributed by atoms with Gasteiger partial charge in [-0.05, 0) is 12.1 Å². The summed E-state index contributed by atoms with van der Waals surface area (Å²) in [6.07, 6.45) is 0. The van der Waals surface area contributed by atoms with Gasteiger partial charge in [0.2, 0.25) is 5.91 Å². The number of rotatable bonds is 2. The average molecular weight is 261 g/mol. The van der Waals surface area contributed by atoms with E-state index in [0.29, 0.717) is 5.69 Å². The Bertz CT molecular complexity index is 370. The maximum Gasteiger partial charge on any atom is 0.242 e. The van der Waals surface area contributed by atoms with Gasteiger partial charge in [0.25, 0.3) is 0 Å². The normalized spacial score (nSPS) is 18.9. The molecule has 1 saturated heterocycles. The van der Waals surface area contributed by atoms with E-state index in [1.54, 1.807) is 36.0 Å². The van der Waals surface area contributed by atoms with Crippen molar-refractivity contribution in [1.29, 1.82) is 0 Å². The van der Waals surface area contributed by atoms with Gasteiger partial charge in [-0.1, -0.05) is 12.1 Å². The quantitative estimate of drug-likeness (QED) is 0.704. The molecule has 0 aliphatic carbocycles. The number of thioether (sulfide) groups is 1. The molecule has 0 saturated carbocycles. The molecular formula is C10H13ClN2O2S. The summed E-state index contributed by atoms with van der Waals surface area (Å²) >= 11 is 1.69. The molecule has 3 N–H and O–H groups in total. The van der Waals surface area contributed by atoms with Crippen LogP contribution in [0.4, 0.5) is 5.69 Å². The van der Waals surface area contributed by atoms with Gasteiger partial charge in [0.1, 0.15) is 5.75 Å². The third-order valence-electron chi connectivity index (χ3n) is 2.19. The van der Waals surface area contributed by atoms with Gasteiger partial charge in [0.15, 0.2) is 0 Å². The number of aromatic hydroxyl groups is 1. The van der Waals surface area contributed by atoms with Crippen molar-refractivity contribution in [3.8, 4) is 5.75 Å². The Morgan fingerprint density at radius 1 is 1.50 bits per heavy atom. The molecule has 4 nitrogen and oxygen atoms in total. The molecule has 1 aromatic carbocycles. The summed E-state index contributed by atoms with van der Waals surface area (Å²) in [5, 5.41) is 15.2. The van der Waals surface area contributed by atoms with Gasteiger partial charge in [0.05, 0.1) is 11.7 Å².